The summed E-state index contributed by atoms with van der Waals surface area (Å²) in [5, 5.41) is 9.19. The van der Waals surface area contributed by atoms with Gasteiger partial charge >= 0.3 is 5.97 Å². The van der Waals surface area contributed by atoms with Gasteiger partial charge in [-0.25, -0.2) is 4.79 Å². The highest BCUT2D eigenvalue weighted by atomic mass is 16.5. The molecule has 0 saturated carbocycles. The number of ether oxygens (including phenoxy) is 1. The van der Waals surface area contributed by atoms with E-state index in [9.17, 15) is 14.7 Å². The second-order valence-corrected chi connectivity index (χ2v) is 4.62. The summed E-state index contributed by atoms with van der Waals surface area (Å²) in [4.78, 5) is 27.9. The van der Waals surface area contributed by atoms with E-state index in [1.807, 2.05) is 6.07 Å². The molecular formula is C15H16N2O4. The van der Waals surface area contributed by atoms with Crippen LogP contribution in [0.2, 0.25) is 0 Å². The summed E-state index contributed by atoms with van der Waals surface area (Å²) in [5.74, 6) is -1.23. The number of aromatic carboxylic acids is 1. The number of carbonyl (C=O) groups is 1. The Bertz CT molecular complexity index is 695. The number of methoxy groups -OCH3 is 1. The molecule has 21 heavy (non-hydrogen) atoms. The summed E-state index contributed by atoms with van der Waals surface area (Å²) in [7, 11) is 1.52. The molecule has 1 unspecified atom stereocenters. The van der Waals surface area contributed by atoms with Crippen LogP contribution < -0.4 is 5.56 Å². The normalized spacial score (nSPS) is 12.1. The molecule has 0 fully saturated rings. The number of nitrogens with zero attached hydrogens (tertiary/aromatic N) is 2. The fourth-order valence-corrected chi connectivity index (χ4v) is 2.19. The molecule has 1 atom stereocenters. The minimum Gasteiger partial charge on any atom is -0.477 e. The van der Waals surface area contributed by atoms with Crippen molar-refractivity contribution < 1.29 is 14.6 Å². The van der Waals surface area contributed by atoms with Gasteiger partial charge in [-0.1, -0.05) is 6.07 Å². The van der Waals surface area contributed by atoms with Crippen molar-refractivity contribution in [3.05, 3.63) is 63.8 Å². The quantitative estimate of drug-likeness (QED) is 0.901. The smallest absolute Gasteiger partial charge is 0.341 e. The topological polar surface area (TPSA) is 81.4 Å². The molecule has 6 heteroatoms. The highest BCUT2D eigenvalue weighted by molar-refractivity contribution is 5.88. The Balaban J connectivity index is 2.60. The Hall–Kier alpha value is -2.47. The van der Waals surface area contributed by atoms with Gasteiger partial charge in [0.1, 0.15) is 11.6 Å². The summed E-state index contributed by atoms with van der Waals surface area (Å²) in [6, 6.07) is 6.49. The van der Waals surface area contributed by atoms with Crippen molar-refractivity contribution in [1.82, 2.24) is 9.55 Å². The Kier molecular flexibility index (Phi) is 4.49. The van der Waals surface area contributed by atoms with E-state index < -0.39 is 17.6 Å². The van der Waals surface area contributed by atoms with E-state index in [0.29, 0.717) is 11.3 Å². The van der Waals surface area contributed by atoms with Gasteiger partial charge in [-0.15, -0.1) is 0 Å². The summed E-state index contributed by atoms with van der Waals surface area (Å²) < 4.78 is 6.50. The zero-order valence-electron chi connectivity index (χ0n) is 11.8. The van der Waals surface area contributed by atoms with Gasteiger partial charge in [-0.05, 0) is 30.7 Å². The van der Waals surface area contributed by atoms with Crippen molar-refractivity contribution in [2.24, 2.45) is 0 Å². The summed E-state index contributed by atoms with van der Waals surface area (Å²) >= 11 is 0. The van der Waals surface area contributed by atoms with E-state index in [4.69, 9.17) is 4.74 Å². The van der Waals surface area contributed by atoms with Crippen molar-refractivity contribution >= 4 is 5.97 Å². The van der Waals surface area contributed by atoms with E-state index in [-0.39, 0.29) is 12.2 Å². The minimum absolute atomic E-state index is 0.221. The van der Waals surface area contributed by atoms with E-state index in [0.717, 1.165) is 0 Å². The number of carboxylic acid groups (broad SMARTS) is 1. The Morgan fingerprint density at radius 2 is 2.19 bits per heavy atom. The molecule has 0 saturated heterocycles. The van der Waals surface area contributed by atoms with Crippen LogP contribution in [0.25, 0.3) is 0 Å². The second-order valence-electron chi connectivity index (χ2n) is 4.62. The van der Waals surface area contributed by atoms with Crippen LogP contribution in [-0.2, 0) is 4.74 Å². The standard InChI is InChI=1S/C15H16N2O4/c1-10-6-8-17(14(18)13(10)15(19)20)12(9-21-2)11-5-3-4-7-16-11/h3-8,12H,9H2,1-2H3,(H,19,20). The molecule has 0 aliphatic rings. The summed E-state index contributed by atoms with van der Waals surface area (Å²) in [5.41, 5.74) is 0.285. The summed E-state index contributed by atoms with van der Waals surface area (Å²) in [6.45, 7) is 1.82. The molecule has 0 aliphatic carbocycles. The molecule has 110 valence electrons. The number of hydrogen-bond acceptors (Lipinski definition) is 4. The molecule has 2 aromatic rings. The van der Waals surface area contributed by atoms with Crippen molar-refractivity contribution in [2.45, 2.75) is 13.0 Å². The van der Waals surface area contributed by atoms with Crippen molar-refractivity contribution in [1.29, 1.82) is 0 Å². The number of hydrogen-bond donors (Lipinski definition) is 1. The largest absolute Gasteiger partial charge is 0.477 e. The molecule has 0 aromatic carbocycles. The van der Waals surface area contributed by atoms with Crippen LogP contribution in [0.1, 0.15) is 27.7 Å². The van der Waals surface area contributed by atoms with E-state index in [1.54, 1.807) is 37.5 Å². The van der Waals surface area contributed by atoms with Crippen molar-refractivity contribution in [3.63, 3.8) is 0 Å². The molecule has 1 N–H and O–H groups in total. The number of aromatic nitrogens is 2. The minimum atomic E-state index is -1.23. The lowest BCUT2D eigenvalue weighted by Crippen LogP contribution is -2.32. The van der Waals surface area contributed by atoms with Crippen LogP contribution in [-0.4, -0.2) is 34.3 Å². The van der Waals surface area contributed by atoms with Crippen LogP contribution in [0.4, 0.5) is 0 Å². The maximum absolute atomic E-state index is 12.4. The average Bonchev–Trinajstić information content (AvgIpc) is 2.46. The molecule has 0 aliphatic heterocycles. The van der Waals surface area contributed by atoms with Gasteiger partial charge in [-0.2, -0.15) is 0 Å². The van der Waals surface area contributed by atoms with Crippen molar-refractivity contribution in [2.75, 3.05) is 13.7 Å². The SMILES string of the molecule is COCC(c1ccccn1)n1ccc(C)c(C(=O)O)c1=O. The van der Waals surface area contributed by atoms with E-state index in [1.165, 1.54) is 11.7 Å². The average molecular weight is 288 g/mol. The highest BCUT2D eigenvalue weighted by Crippen LogP contribution is 2.15. The third kappa shape index (κ3) is 3.00. The molecule has 0 bridgehead atoms. The second kappa shape index (κ2) is 6.32. The van der Waals surface area contributed by atoms with E-state index >= 15 is 0 Å². The molecule has 0 spiro atoms. The van der Waals surface area contributed by atoms with Gasteiger partial charge in [0.25, 0.3) is 5.56 Å². The van der Waals surface area contributed by atoms with E-state index in [2.05, 4.69) is 4.98 Å². The number of pyridine rings is 2. The third-order valence-corrected chi connectivity index (χ3v) is 3.23. The zero-order chi connectivity index (χ0) is 15.4. The first-order chi connectivity index (χ1) is 10.1. The Labute approximate surface area is 121 Å². The predicted molar refractivity (Wildman–Crippen MR) is 76.7 cm³/mol. The molecule has 2 heterocycles. The lowest BCUT2D eigenvalue weighted by atomic mass is 10.1. The molecular weight excluding hydrogens is 272 g/mol. The van der Waals surface area contributed by atoms with Gasteiger partial charge < -0.3 is 14.4 Å². The predicted octanol–water partition coefficient (Wildman–Crippen LogP) is 1.49. The number of rotatable bonds is 5. The Morgan fingerprint density at radius 1 is 1.43 bits per heavy atom. The van der Waals surface area contributed by atoms with Crippen molar-refractivity contribution in [3.8, 4) is 0 Å². The van der Waals surface area contributed by atoms with Crippen LogP contribution in [0, 0.1) is 6.92 Å². The molecule has 6 nitrogen and oxygen atoms in total. The first-order valence-corrected chi connectivity index (χ1v) is 6.41. The molecule has 2 rings (SSSR count). The van der Waals surface area contributed by atoms with Gasteiger partial charge in [-0.3, -0.25) is 9.78 Å². The van der Waals surface area contributed by atoms with Crippen LogP contribution in [0.5, 0.6) is 0 Å². The first kappa shape index (κ1) is 14.9. The van der Waals surface area contributed by atoms with Crippen LogP contribution in [0.15, 0.2) is 41.5 Å². The molecule has 0 amide bonds. The van der Waals surface area contributed by atoms with Crippen LogP contribution in [0.3, 0.4) is 0 Å². The maximum atomic E-state index is 12.4. The first-order valence-electron chi connectivity index (χ1n) is 6.41. The Morgan fingerprint density at radius 3 is 2.76 bits per heavy atom. The lowest BCUT2D eigenvalue weighted by molar-refractivity contribution is 0.0692. The third-order valence-electron chi connectivity index (χ3n) is 3.23. The lowest BCUT2D eigenvalue weighted by Gasteiger charge is -2.19. The monoisotopic (exact) mass is 288 g/mol. The fourth-order valence-electron chi connectivity index (χ4n) is 2.19. The fraction of sp³-hybridized carbons (Fsp3) is 0.267. The van der Waals surface area contributed by atoms with Gasteiger partial charge in [0.05, 0.1) is 12.3 Å². The highest BCUT2D eigenvalue weighted by Gasteiger charge is 2.21. The maximum Gasteiger partial charge on any atom is 0.341 e. The number of aryl methyl sites for hydroxylation is 1. The van der Waals surface area contributed by atoms with Gasteiger partial charge in [0.15, 0.2) is 0 Å². The zero-order valence-corrected chi connectivity index (χ0v) is 11.8. The van der Waals surface area contributed by atoms with Crippen LogP contribution >= 0.6 is 0 Å². The molecule has 0 radical (unpaired) electrons. The number of carboxylic acids is 1. The summed E-state index contributed by atoms with van der Waals surface area (Å²) in [6.07, 6.45) is 3.19. The van der Waals surface area contributed by atoms with Gasteiger partial charge in [0, 0.05) is 19.5 Å². The molecule has 2 aromatic heterocycles. The van der Waals surface area contributed by atoms with Gasteiger partial charge in [0.2, 0.25) is 0 Å².